The van der Waals surface area contributed by atoms with E-state index < -0.39 is 0 Å². The van der Waals surface area contributed by atoms with Crippen molar-refractivity contribution in [2.45, 2.75) is 19.9 Å². The van der Waals surface area contributed by atoms with Crippen molar-refractivity contribution in [3.8, 4) is 0 Å². The van der Waals surface area contributed by atoms with Gasteiger partial charge in [-0.25, -0.2) is 0 Å². The molecule has 1 aromatic rings. The summed E-state index contributed by atoms with van der Waals surface area (Å²) in [5, 5.41) is 0.700. The molecule has 0 amide bonds. The molecule has 1 aliphatic rings. The molecule has 1 aliphatic heterocycles. The first-order valence-corrected chi connectivity index (χ1v) is 6.15. The highest BCUT2D eigenvalue weighted by molar-refractivity contribution is 6.32. The van der Waals surface area contributed by atoms with E-state index in [1.54, 1.807) is 6.07 Å². The van der Waals surface area contributed by atoms with Crippen LogP contribution >= 0.6 is 11.6 Å². The Bertz CT molecular complexity index is 475. The van der Waals surface area contributed by atoms with E-state index in [-0.39, 0.29) is 0 Å². The van der Waals surface area contributed by atoms with E-state index in [0.29, 0.717) is 16.8 Å². The molecule has 0 saturated heterocycles. The SMILES string of the molecule is CC(C)N1C=C(c2ccc(N)cc2Cl)C=CC1. The van der Waals surface area contributed by atoms with Crippen LogP contribution in [-0.4, -0.2) is 17.5 Å². The Morgan fingerprint density at radius 2 is 2.12 bits per heavy atom. The number of rotatable bonds is 2. The Labute approximate surface area is 107 Å². The van der Waals surface area contributed by atoms with E-state index in [2.05, 4.69) is 37.1 Å². The maximum Gasteiger partial charge on any atom is 0.0505 e. The second-order valence-electron chi connectivity index (χ2n) is 4.52. The van der Waals surface area contributed by atoms with E-state index in [9.17, 15) is 0 Å². The molecule has 0 radical (unpaired) electrons. The van der Waals surface area contributed by atoms with Crippen LogP contribution in [0.25, 0.3) is 5.57 Å². The van der Waals surface area contributed by atoms with Crippen LogP contribution in [0.5, 0.6) is 0 Å². The average molecular weight is 249 g/mol. The van der Waals surface area contributed by atoms with Crippen LogP contribution in [0.4, 0.5) is 5.69 Å². The van der Waals surface area contributed by atoms with Gasteiger partial charge in [0.05, 0.1) is 5.02 Å². The highest BCUT2D eigenvalue weighted by Crippen LogP contribution is 2.29. The fourth-order valence-electron chi connectivity index (χ4n) is 1.86. The predicted octanol–water partition coefficient (Wildman–Crippen LogP) is 3.54. The highest BCUT2D eigenvalue weighted by atomic mass is 35.5. The largest absolute Gasteiger partial charge is 0.399 e. The number of allylic oxidation sites excluding steroid dienone is 2. The normalized spacial score (nSPS) is 15.3. The van der Waals surface area contributed by atoms with Gasteiger partial charge in [0.1, 0.15) is 0 Å². The fraction of sp³-hybridized carbons (Fsp3) is 0.286. The molecule has 0 unspecified atom stereocenters. The standard InChI is InChI=1S/C14H17ClN2/c1-10(2)17-7-3-4-11(9-17)13-6-5-12(16)8-14(13)15/h3-6,8-10H,7,16H2,1-2H3. The fourth-order valence-corrected chi connectivity index (χ4v) is 2.16. The maximum atomic E-state index is 6.22. The van der Waals surface area contributed by atoms with Crippen LogP contribution in [0, 0.1) is 0 Å². The monoisotopic (exact) mass is 248 g/mol. The Morgan fingerprint density at radius 1 is 1.35 bits per heavy atom. The smallest absolute Gasteiger partial charge is 0.0505 e. The summed E-state index contributed by atoms with van der Waals surface area (Å²) in [4.78, 5) is 2.28. The van der Waals surface area contributed by atoms with E-state index in [0.717, 1.165) is 17.7 Å². The highest BCUT2D eigenvalue weighted by Gasteiger charge is 2.11. The van der Waals surface area contributed by atoms with Crippen LogP contribution in [-0.2, 0) is 0 Å². The van der Waals surface area contributed by atoms with Crippen LogP contribution in [0.2, 0.25) is 5.02 Å². The van der Waals surface area contributed by atoms with Gasteiger partial charge in [0.25, 0.3) is 0 Å². The van der Waals surface area contributed by atoms with Crippen molar-refractivity contribution in [1.29, 1.82) is 0 Å². The van der Waals surface area contributed by atoms with Crippen molar-refractivity contribution in [3.63, 3.8) is 0 Å². The number of nitrogens with zero attached hydrogens (tertiary/aromatic N) is 1. The van der Waals surface area contributed by atoms with Gasteiger partial charge in [0.2, 0.25) is 0 Å². The quantitative estimate of drug-likeness (QED) is 0.812. The Balaban J connectivity index is 2.36. The first kappa shape index (κ1) is 12.1. The van der Waals surface area contributed by atoms with Gasteiger partial charge in [-0.1, -0.05) is 29.8 Å². The number of benzene rings is 1. The minimum absolute atomic E-state index is 0.488. The summed E-state index contributed by atoms with van der Waals surface area (Å²) in [5.74, 6) is 0. The molecule has 0 aliphatic carbocycles. The molecule has 0 saturated carbocycles. The number of halogens is 1. The molecule has 0 aromatic heterocycles. The number of anilines is 1. The van der Waals surface area contributed by atoms with Gasteiger partial charge in [-0.3, -0.25) is 0 Å². The zero-order chi connectivity index (χ0) is 12.4. The topological polar surface area (TPSA) is 29.3 Å². The lowest BCUT2D eigenvalue weighted by Gasteiger charge is -2.27. The van der Waals surface area contributed by atoms with Gasteiger partial charge in [-0.15, -0.1) is 0 Å². The second-order valence-corrected chi connectivity index (χ2v) is 4.92. The van der Waals surface area contributed by atoms with Gasteiger partial charge in [-0.05, 0) is 31.6 Å². The predicted molar refractivity (Wildman–Crippen MR) is 74.8 cm³/mol. The number of hydrogen-bond donors (Lipinski definition) is 1. The van der Waals surface area contributed by atoms with Gasteiger partial charge in [0, 0.05) is 30.0 Å². The third kappa shape index (κ3) is 2.64. The Hall–Kier alpha value is -1.41. The van der Waals surface area contributed by atoms with Gasteiger partial charge in [0.15, 0.2) is 0 Å². The molecule has 0 fully saturated rings. The molecule has 1 aromatic carbocycles. The lowest BCUT2D eigenvalue weighted by Crippen LogP contribution is -2.27. The zero-order valence-corrected chi connectivity index (χ0v) is 10.9. The summed E-state index contributed by atoms with van der Waals surface area (Å²) in [6.45, 7) is 5.31. The van der Waals surface area contributed by atoms with Crippen LogP contribution in [0.3, 0.4) is 0 Å². The molecule has 2 N–H and O–H groups in total. The van der Waals surface area contributed by atoms with Crippen LogP contribution < -0.4 is 5.73 Å². The third-order valence-electron chi connectivity index (χ3n) is 2.89. The molecule has 90 valence electrons. The molecule has 1 heterocycles. The van der Waals surface area contributed by atoms with Crippen molar-refractivity contribution in [2.24, 2.45) is 0 Å². The summed E-state index contributed by atoms with van der Waals surface area (Å²) in [7, 11) is 0. The van der Waals surface area contributed by atoms with Crippen molar-refractivity contribution >= 4 is 22.9 Å². The van der Waals surface area contributed by atoms with Crippen molar-refractivity contribution < 1.29 is 0 Å². The molecule has 0 spiro atoms. The average Bonchev–Trinajstić information content (AvgIpc) is 2.29. The van der Waals surface area contributed by atoms with Crippen molar-refractivity contribution in [2.75, 3.05) is 12.3 Å². The molecule has 3 heteroatoms. The second kappa shape index (κ2) is 4.84. The molecule has 0 atom stereocenters. The van der Waals surface area contributed by atoms with E-state index in [1.807, 2.05) is 12.1 Å². The maximum absolute atomic E-state index is 6.22. The number of hydrogen-bond acceptors (Lipinski definition) is 2. The molecule has 2 nitrogen and oxygen atoms in total. The Kier molecular flexibility index (Phi) is 3.43. The lowest BCUT2D eigenvalue weighted by molar-refractivity contribution is 0.341. The number of nitrogen functional groups attached to an aromatic ring is 1. The van der Waals surface area contributed by atoms with E-state index >= 15 is 0 Å². The van der Waals surface area contributed by atoms with Gasteiger partial charge >= 0.3 is 0 Å². The summed E-state index contributed by atoms with van der Waals surface area (Å²) < 4.78 is 0. The minimum atomic E-state index is 0.488. The van der Waals surface area contributed by atoms with Gasteiger partial charge < -0.3 is 10.6 Å². The van der Waals surface area contributed by atoms with Crippen LogP contribution in [0.1, 0.15) is 19.4 Å². The van der Waals surface area contributed by atoms with E-state index in [4.69, 9.17) is 17.3 Å². The number of nitrogens with two attached hydrogens (primary N) is 1. The first-order chi connectivity index (χ1) is 8.08. The molecular formula is C14H17ClN2. The van der Waals surface area contributed by atoms with Crippen LogP contribution in [0.15, 0.2) is 36.6 Å². The van der Waals surface area contributed by atoms with Gasteiger partial charge in [-0.2, -0.15) is 0 Å². The first-order valence-electron chi connectivity index (χ1n) is 5.77. The summed E-state index contributed by atoms with van der Waals surface area (Å²) in [6.07, 6.45) is 6.42. The molecule has 17 heavy (non-hydrogen) atoms. The zero-order valence-electron chi connectivity index (χ0n) is 10.2. The summed E-state index contributed by atoms with van der Waals surface area (Å²) >= 11 is 6.22. The van der Waals surface area contributed by atoms with Crippen molar-refractivity contribution in [1.82, 2.24) is 4.90 Å². The lowest BCUT2D eigenvalue weighted by atomic mass is 10.0. The molecule has 2 rings (SSSR count). The Morgan fingerprint density at radius 3 is 2.76 bits per heavy atom. The summed E-state index contributed by atoms with van der Waals surface area (Å²) in [5.41, 5.74) is 8.56. The molecule has 0 bridgehead atoms. The minimum Gasteiger partial charge on any atom is -0.399 e. The summed E-state index contributed by atoms with van der Waals surface area (Å²) in [6, 6.07) is 6.13. The van der Waals surface area contributed by atoms with E-state index in [1.165, 1.54) is 0 Å². The van der Waals surface area contributed by atoms with Crippen molar-refractivity contribution in [3.05, 3.63) is 47.1 Å². The third-order valence-corrected chi connectivity index (χ3v) is 3.20. The molecular weight excluding hydrogens is 232 g/mol.